The highest BCUT2D eigenvalue weighted by atomic mass is 32.2. The molecule has 2 heterocycles. The van der Waals surface area contributed by atoms with Gasteiger partial charge in [-0.25, -0.2) is 0 Å². The molecule has 0 aliphatic rings. The van der Waals surface area contributed by atoms with E-state index >= 15 is 0 Å². The monoisotopic (exact) mass is 445 g/mol. The van der Waals surface area contributed by atoms with Crippen molar-refractivity contribution in [2.24, 2.45) is 0 Å². The number of amides is 3. The van der Waals surface area contributed by atoms with Gasteiger partial charge < -0.3 is 15.1 Å². The van der Waals surface area contributed by atoms with Crippen LogP contribution in [0.2, 0.25) is 0 Å². The topological polar surface area (TPSA) is 126 Å². The maximum absolute atomic E-state index is 12.3. The van der Waals surface area contributed by atoms with E-state index in [1.54, 1.807) is 44.2 Å². The minimum Gasteiger partial charge on any atom is -0.466 e. The van der Waals surface area contributed by atoms with E-state index in [4.69, 9.17) is 4.42 Å². The van der Waals surface area contributed by atoms with Crippen LogP contribution in [0.4, 0.5) is 16.5 Å². The Morgan fingerprint density at radius 1 is 1.03 bits per heavy atom. The maximum Gasteiger partial charge on any atom is 0.261 e. The minimum absolute atomic E-state index is 0.135. The van der Waals surface area contributed by atoms with Gasteiger partial charge in [-0.2, -0.15) is 0 Å². The van der Waals surface area contributed by atoms with Crippen molar-refractivity contribution in [1.82, 2.24) is 10.2 Å². The largest absolute Gasteiger partial charge is 0.466 e. The zero-order valence-corrected chi connectivity index (χ0v) is 18.1. The predicted octanol–water partition coefficient (Wildman–Crippen LogP) is 3.69. The number of hydrogen-bond donors (Lipinski definition) is 3. The van der Waals surface area contributed by atoms with Gasteiger partial charge in [0.15, 0.2) is 4.34 Å². The normalized spacial score (nSPS) is 10.5. The van der Waals surface area contributed by atoms with Gasteiger partial charge in [-0.3, -0.25) is 19.7 Å². The number of furan rings is 1. The number of carbonyl (C=O) groups excluding carboxylic acids is 3. The summed E-state index contributed by atoms with van der Waals surface area (Å²) in [6.45, 7) is 4.91. The highest BCUT2D eigenvalue weighted by molar-refractivity contribution is 8.01. The first-order chi connectivity index (χ1) is 14.3. The molecule has 0 radical (unpaired) electrons. The number of aryl methyl sites for hydroxylation is 2. The second kappa shape index (κ2) is 9.55. The molecule has 0 unspecified atom stereocenters. The van der Waals surface area contributed by atoms with Gasteiger partial charge in [0.25, 0.3) is 5.91 Å². The summed E-state index contributed by atoms with van der Waals surface area (Å²) in [5, 5.41) is 16.4. The molecule has 0 spiro atoms. The second-order valence-corrected chi connectivity index (χ2v) is 8.45. The number of aromatic nitrogens is 2. The molecule has 156 valence electrons. The molecule has 3 amide bonds. The Balaban J connectivity index is 1.49. The first kappa shape index (κ1) is 21.5. The lowest BCUT2D eigenvalue weighted by atomic mass is 10.2. The Morgan fingerprint density at radius 2 is 1.70 bits per heavy atom. The SMILES string of the molecule is CC(=O)Nc1ccc(NC(=O)CSc2nnc(NC(=O)c3cc(C)oc3C)s2)cc1. The van der Waals surface area contributed by atoms with E-state index < -0.39 is 0 Å². The average molecular weight is 446 g/mol. The van der Waals surface area contributed by atoms with Gasteiger partial charge in [0.1, 0.15) is 11.5 Å². The highest BCUT2D eigenvalue weighted by Gasteiger charge is 2.16. The van der Waals surface area contributed by atoms with Crippen LogP contribution in [0.5, 0.6) is 0 Å². The van der Waals surface area contributed by atoms with E-state index in [2.05, 4.69) is 26.1 Å². The Morgan fingerprint density at radius 3 is 2.30 bits per heavy atom. The Kier molecular flexibility index (Phi) is 6.85. The average Bonchev–Trinajstić information content (AvgIpc) is 3.26. The zero-order chi connectivity index (χ0) is 21.7. The molecule has 0 fully saturated rings. The smallest absolute Gasteiger partial charge is 0.261 e. The lowest BCUT2D eigenvalue weighted by Crippen LogP contribution is -2.14. The molecule has 0 aliphatic carbocycles. The first-order valence-corrected chi connectivity index (χ1v) is 10.6. The van der Waals surface area contributed by atoms with E-state index in [0.717, 1.165) is 0 Å². The third-order valence-corrected chi connectivity index (χ3v) is 5.70. The predicted molar refractivity (Wildman–Crippen MR) is 116 cm³/mol. The first-order valence-electron chi connectivity index (χ1n) is 8.82. The minimum atomic E-state index is -0.322. The van der Waals surface area contributed by atoms with Crippen LogP contribution >= 0.6 is 23.1 Å². The third-order valence-electron chi connectivity index (χ3n) is 3.73. The third kappa shape index (κ3) is 5.91. The van der Waals surface area contributed by atoms with Gasteiger partial charge in [0.2, 0.25) is 16.9 Å². The standard InChI is InChI=1S/C19H19N5O4S2/c1-10-8-15(11(2)28-10)17(27)22-18-23-24-19(30-18)29-9-16(26)21-14-6-4-13(5-7-14)20-12(3)25/h4-8H,9H2,1-3H3,(H,20,25)(H,21,26)(H,22,23,27). The Labute approximate surface area is 180 Å². The quantitative estimate of drug-likeness (QED) is 0.374. The molecule has 30 heavy (non-hydrogen) atoms. The van der Waals surface area contributed by atoms with Crippen molar-refractivity contribution in [3.05, 3.63) is 47.4 Å². The summed E-state index contributed by atoms with van der Waals surface area (Å²) < 4.78 is 5.91. The van der Waals surface area contributed by atoms with Crippen LogP contribution in [0.3, 0.4) is 0 Å². The number of nitrogens with zero attached hydrogens (tertiary/aromatic N) is 2. The van der Waals surface area contributed by atoms with Crippen molar-refractivity contribution in [2.75, 3.05) is 21.7 Å². The van der Waals surface area contributed by atoms with Crippen molar-refractivity contribution >= 4 is 57.3 Å². The zero-order valence-electron chi connectivity index (χ0n) is 16.4. The van der Waals surface area contributed by atoms with E-state index in [9.17, 15) is 14.4 Å². The molecule has 2 aromatic heterocycles. The fraction of sp³-hybridized carbons (Fsp3) is 0.211. The van der Waals surface area contributed by atoms with Crippen LogP contribution in [0.1, 0.15) is 28.8 Å². The Hall–Kier alpha value is -3.18. The summed E-state index contributed by atoms with van der Waals surface area (Å²) in [5.41, 5.74) is 1.71. The van der Waals surface area contributed by atoms with Crippen LogP contribution in [0, 0.1) is 13.8 Å². The fourth-order valence-electron chi connectivity index (χ4n) is 2.50. The molecule has 0 aliphatic heterocycles. The van der Waals surface area contributed by atoms with Gasteiger partial charge in [-0.1, -0.05) is 23.1 Å². The molecule has 0 bridgehead atoms. The van der Waals surface area contributed by atoms with Crippen LogP contribution in [-0.4, -0.2) is 33.7 Å². The maximum atomic E-state index is 12.3. The second-order valence-electron chi connectivity index (χ2n) is 6.25. The molecule has 11 heteroatoms. The molecule has 0 saturated carbocycles. The molecule has 3 N–H and O–H groups in total. The van der Waals surface area contributed by atoms with Gasteiger partial charge in [-0.15, -0.1) is 10.2 Å². The fourth-order valence-corrected chi connectivity index (χ4v) is 4.05. The molecule has 9 nitrogen and oxygen atoms in total. The van der Waals surface area contributed by atoms with E-state index in [1.807, 2.05) is 0 Å². The molecule has 0 atom stereocenters. The van der Waals surface area contributed by atoms with Crippen LogP contribution in [0.15, 0.2) is 39.1 Å². The number of benzene rings is 1. The van der Waals surface area contributed by atoms with Crippen molar-refractivity contribution in [1.29, 1.82) is 0 Å². The number of rotatable bonds is 7. The summed E-state index contributed by atoms with van der Waals surface area (Å²) in [6.07, 6.45) is 0. The van der Waals surface area contributed by atoms with E-state index in [1.165, 1.54) is 30.0 Å². The van der Waals surface area contributed by atoms with Crippen molar-refractivity contribution in [3.63, 3.8) is 0 Å². The highest BCUT2D eigenvalue weighted by Crippen LogP contribution is 2.26. The van der Waals surface area contributed by atoms with E-state index in [-0.39, 0.29) is 23.5 Å². The molecule has 3 aromatic rings. The van der Waals surface area contributed by atoms with Gasteiger partial charge in [0.05, 0.1) is 11.3 Å². The summed E-state index contributed by atoms with van der Waals surface area (Å²) in [4.78, 5) is 35.4. The van der Waals surface area contributed by atoms with Gasteiger partial charge in [0, 0.05) is 18.3 Å². The lowest BCUT2D eigenvalue weighted by molar-refractivity contribution is -0.114. The number of anilines is 3. The summed E-state index contributed by atoms with van der Waals surface area (Å²) in [7, 11) is 0. The lowest BCUT2D eigenvalue weighted by Gasteiger charge is -2.06. The van der Waals surface area contributed by atoms with Crippen LogP contribution < -0.4 is 16.0 Å². The van der Waals surface area contributed by atoms with Crippen LogP contribution in [-0.2, 0) is 9.59 Å². The number of carbonyl (C=O) groups is 3. The Bertz CT molecular complexity index is 1080. The molecular weight excluding hydrogens is 426 g/mol. The molecule has 0 saturated heterocycles. The van der Waals surface area contributed by atoms with Crippen LogP contribution in [0.25, 0.3) is 0 Å². The number of thioether (sulfide) groups is 1. The summed E-state index contributed by atoms with van der Waals surface area (Å²) >= 11 is 2.40. The number of hydrogen-bond acceptors (Lipinski definition) is 8. The number of nitrogens with one attached hydrogen (secondary N) is 3. The summed E-state index contributed by atoms with van der Waals surface area (Å²) in [6, 6.07) is 8.46. The molecule has 3 rings (SSSR count). The van der Waals surface area contributed by atoms with E-state index in [0.29, 0.717) is 37.9 Å². The van der Waals surface area contributed by atoms with Crippen molar-refractivity contribution in [3.8, 4) is 0 Å². The van der Waals surface area contributed by atoms with Gasteiger partial charge in [-0.05, 0) is 44.2 Å². The van der Waals surface area contributed by atoms with Gasteiger partial charge >= 0.3 is 0 Å². The summed E-state index contributed by atoms with van der Waals surface area (Å²) in [5.74, 6) is 0.629. The van der Waals surface area contributed by atoms with Crippen molar-refractivity contribution < 1.29 is 18.8 Å². The molecule has 1 aromatic carbocycles. The molecular formula is C19H19N5O4S2. The van der Waals surface area contributed by atoms with Crippen molar-refractivity contribution in [2.45, 2.75) is 25.1 Å².